The summed E-state index contributed by atoms with van der Waals surface area (Å²) in [6.07, 6.45) is 1.50. The molecule has 72 valence electrons. The van der Waals surface area contributed by atoms with Crippen LogP contribution in [-0.4, -0.2) is 0 Å². The predicted molar refractivity (Wildman–Crippen MR) is 56.8 cm³/mol. The van der Waals surface area contributed by atoms with E-state index in [4.69, 9.17) is 16.0 Å². The lowest BCUT2D eigenvalue weighted by Crippen LogP contribution is -1.84. The zero-order valence-corrected chi connectivity index (χ0v) is 9.27. The third-order valence-corrected chi connectivity index (χ3v) is 2.62. The average Bonchev–Trinajstić information content (AvgIpc) is 2.54. The molecule has 0 radical (unpaired) electrons. The van der Waals surface area contributed by atoms with Gasteiger partial charge < -0.3 is 4.42 Å². The Hall–Kier alpha value is -0.800. The highest BCUT2D eigenvalue weighted by Gasteiger charge is 2.12. The molecule has 0 spiro atoms. The molecule has 1 aromatic carbocycles. The van der Waals surface area contributed by atoms with Crippen LogP contribution in [0.2, 0.25) is 5.02 Å². The van der Waals surface area contributed by atoms with E-state index in [2.05, 4.69) is 15.9 Å². The average molecular weight is 276 g/mol. The van der Waals surface area contributed by atoms with Crippen LogP contribution in [0, 0.1) is 5.82 Å². The normalized spacial score (nSPS) is 10.5. The first-order valence-corrected chi connectivity index (χ1v) is 5.04. The second-order valence-electron chi connectivity index (χ2n) is 2.72. The molecule has 0 N–H and O–H groups in total. The van der Waals surface area contributed by atoms with Gasteiger partial charge in [-0.1, -0.05) is 11.6 Å². The van der Waals surface area contributed by atoms with Crippen molar-refractivity contribution < 1.29 is 8.81 Å². The SMILES string of the molecule is Fc1cc(Cl)cc(Br)c1-c1ccco1. The molecule has 0 saturated carbocycles. The van der Waals surface area contributed by atoms with Gasteiger partial charge in [-0.15, -0.1) is 0 Å². The van der Waals surface area contributed by atoms with Gasteiger partial charge in [-0.3, -0.25) is 0 Å². The Kier molecular flexibility index (Phi) is 2.61. The zero-order chi connectivity index (χ0) is 10.1. The third-order valence-electron chi connectivity index (χ3n) is 1.77. The molecule has 0 unspecified atom stereocenters. The molecular weight excluding hydrogens is 270 g/mol. The van der Waals surface area contributed by atoms with E-state index in [-0.39, 0.29) is 0 Å². The molecule has 4 heteroatoms. The predicted octanol–water partition coefficient (Wildman–Crippen LogP) is 4.50. The van der Waals surface area contributed by atoms with Gasteiger partial charge in [-0.2, -0.15) is 0 Å². The molecule has 0 saturated heterocycles. The molecule has 0 amide bonds. The van der Waals surface area contributed by atoms with Crippen LogP contribution in [0.5, 0.6) is 0 Å². The molecule has 0 bridgehead atoms. The van der Waals surface area contributed by atoms with Crippen molar-refractivity contribution in [3.8, 4) is 11.3 Å². The van der Waals surface area contributed by atoms with Crippen molar-refractivity contribution in [3.63, 3.8) is 0 Å². The Morgan fingerprint density at radius 1 is 1.36 bits per heavy atom. The lowest BCUT2D eigenvalue weighted by atomic mass is 10.1. The van der Waals surface area contributed by atoms with E-state index in [1.165, 1.54) is 12.3 Å². The summed E-state index contributed by atoms with van der Waals surface area (Å²) in [5.41, 5.74) is 0.388. The second kappa shape index (κ2) is 3.75. The van der Waals surface area contributed by atoms with Gasteiger partial charge in [0.2, 0.25) is 0 Å². The molecular formula is C10H5BrClFO. The molecule has 0 fully saturated rings. The van der Waals surface area contributed by atoms with Gasteiger partial charge in [0, 0.05) is 9.50 Å². The van der Waals surface area contributed by atoms with E-state index in [0.717, 1.165) is 0 Å². The maximum atomic E-state index is 13.5. The molecule has 0 atom stereocenters. The van der Waals surface area contributed by atoms with E-state index < -0.39 is 5.82 Å². The second-order valence-corrected chi connectivity index (χ2v) is 4.01. The summed E-state index contributed by atoms with van der Waals surface area (Å²) >= 11 is 8.92. The fourth-order valence-electron chi connectivity index (χ4n) is 1.20. The summed E-state index contributed by atoms with van der Waals surface area (Å²) in [6.45, 7) is 0. The van der Waals surface area contributed by atoms with Crippen molar-refractivity contribution in [1.29, 1.82) is 0 Å². The topological polar surface area (TPSA) is 13.1 Å². The first-order chi connectivity index (χ1) is 6.68. The summed E-state index contributed by atoms with van der Waals surface area (Å²) in [5.74, 6) is 0.0744. The Labute approximate surface area is 93.6 Å². The molecule has 1 nitrogen and oxygen atoms in total. The minimum atomic E-state index is -0.403. The molecule has 1 heterocycles. The van der Waals surface area contributed by atoms with Gasteiger partial charge in [-0.05, 0) is 40.2 Å². The van der Waals surface area contributed by atoms with Crippen LogP contribution in [-0.2, 0) is 0 Å². The molecule has 1 aromatic heterocycles. The van der Waals surface area contributed by atoms with Gasteiger partial charge in [0.25, 0.3) is 0 Å². The van der Waals surface area contributed by atoms with Crippen LogP contribution in [0.1, 0.15) is 0 Å². The Morgan fingerprint density at radius 3 is 2.71 bits per heavy atom. The van der Waals surface area contributed by atoms with Gasteiger partial charge >= 0.3 is 0 Å². The lowest BCUT2D eigenvalue weighted by Gasteiger charge is -2.03. The number of rotatable bonds is 1. The van der Waals surface area contributed by atoms with Crippen molar-refractivity contribution in [3.05, 3.63) is 45.8 Å². The highest BCUT2D eigenvalue weighted by Crippen LogP contribution is 2.33. The van der Waals surface area contributed by atoms with Crippen LogP contribution in [0.15, 0.2) is 39.4 Å². The summed E-state index contributed by atoms with van der Waals surface area (Å²) in [4.78, 5) is 0. The maximum Gasteiger partial charge on any atom is 0.137 e. The van der Waals surface area contributed by atoms with Crippen molar-refractivity contribution in [2.75, 3.05) is 0 Å². The molecule has 2 rings (SSSR count). The van der Waals surface area contributed by atoms with Crippen molar-refractivity contribution >= 4 is 27.5 Å². The molecule has 2 aromatic rings. The Morgan fingerprint density at radius 2 is 2.14 bits per heavy atom. The quantitative estimate of drug-likeness (QED) is 0.747. The largest absolute Gasteiger partial charge is 0.464 e. The third kappa shape index (κ3) is 1.70. The lowest BCUT2D eigenvalue weighted by molar-refractivity contribution is 0.569. The minimum absolute atomic E-state index is 0.352. The molecule has 0 aliphatic carbocycles. The van der Waals surface area contributed by atoms with Crippen LogP contribution in [0.3, 0.4) is 0 Å². The van der Waals surface area contributed by atoms with E-state index in [1.807, 2.05) is 0 Å². The number of halogens is 3. The first kappa shape index (κ1) is 9.74. The monoisotopic (exact) mass is 274 g/mol. The number of hydrogen-bond donors (Lipinski definition) is 0. The van der Waals surface area contributed by atoms with Crippen molar-refractivity contribution in [1.82, 2.24) is 0 Å². The van der Waals surface area contributed by atoms with Gasteiger partial charge in [-0.25, -0.2) is 4.39 Å². The van der Waals surface area contributed by atoms with Crippen LogP contribution in [0.4, 0.5) is 4.39 Å². The van der Waals surface area contributed by atoms with E-state index in [0.29, 0.717) is 20.8 Å². The fourth-order valence-corrected chi connectivity index (χ4v) is 2.17. The standard InChI is InChI=1S/C10H5BrClFO/c11-7-4-6(12)5-8(13)10(7)9-2-1-3-14-9/h1-5H. The Bertz CT molecular complexity index is 430. The van der Waals surface area contributed by atoms with Gasteiger partial charge in [0.15, 0.2) is 0 Å². The summed E-state index contributed by atoms with van der Waals surface area (Å²) in [5, 5.41) is 0.352. The molecule has 0 aliphatic rings. The summed E-state index contributed by atoms with van der Waals surface area (Å²) < 4.78 is 19.2. The summed E-state index contributed by atoms with van der Waals surface area (Å²) in [7, 11) is 0. The Balaban J connectivity index is 2.64. The fraction of sp³-hybridized carbons (Fsp3) is 0. The van der Waals surface area contributed by atoms with Crippen LogP contribution in [0.25, 0.3) is 11.3 Å². The first-order valence-electron chi connectivity index (χ1n) is 3.87. The maximum absolute atomic E-state index is 13.5. The molecule has 14 heavy (non-hydrogen) atoms. The highest BCUT2D eigenvalue weighted by atomic mass is 79.9. The highest BCUT2D eigenvalue weighted by molar-refractivity contribution is 9.10. The van der Waals surface area contributed by atoms with Gasteiger partial charge in [0.1, 0.15) is 11.6 Å². The number of benzene rings is 1. The smallest absolute Gasteiger partial charge is 0.137 e. The van der Waals surface area contributed by atoms with Crippen LogP contribution >= 0.6 is 27.5 Å². The summed E-state index contributed by atoms with van der Waals surface area (Å²) in [6, 6.07) is 6.28. The van der Waals surface area contributed by atoms with E-state index in [1.54, 1.807) is 18.2 Å². The molecule has 0 aliphatic heterocycles. The van der Waals surface area contributed by atoms with E-state index >= 15 is 0 Å². The zero-order valence-electron chi connectivity index (χ0n) is 6.93. The minimum Gasteiger partial charge on any atom is -0.464 e. The van der Waals surface area contributed by atoms with Crippen LogP contribution < -0.4 is 0 Å². The van der Waals surface area contributed by atoms with Gasteiger partial charge in [0.05, 0.1) is 11.8 Å². The van der Waals surface area contributed by atoms with Crippen molar-refractivity contribution in [2.24, 2.45) is 0 Å². The number of furan rings is 1. The number of hydrogen-bond acceptors (Lipinski definition) is 1. The van der Waals surface area contributed by atoms with Crippen molar-refractivity contribution in [2.45, 2.75) is 0 Å². The van der Waals surface area contributed by atoms with E-state index in [9.17, 15) is 4.39 Å².